The fraction of sp³-hybridized carbons (Fsp3) is 0.818. The van der Waals surface area contributed by atoms with Gasteiger partial charge in [-0.25, -0.2) is 0 Å². The van der Waals surface area contributed by atoms with E-state index in [0.717, 1.165) is 6.42 Å². The number of carboxylic acid groups (broad SMARTS) is 1. The van der Waals surface area contributed by atoms with Crippen LogP contribution >= 0.6 is 0 Å². The molecule has 1 amide bonds. The Bertz CT molecular complexity index is 268. The number of carboxylic acids is 1. The molecule has 1 saturated heterocycles. The van der Waals surface area contributed by atoms with Crippen LogP contribution in [0.3, 0.4) is 0 Å². The van der Waals surface area contributed by atoms with Gasteiger partial charge < -0.3 is 15.3 Å². The van der Waals surface area contributed by atoms with Crippen molar-refractivity contribution in [3.8, 4) is 0 Å². The summed E-state index contributed by atoms with van der Waals surface area (Å²) in [5.74, 6) is -0.554. The van der Waals surface area contributed by atoms with E-state index in [1.165, 1.54) is 0 Å². The van der Waals surface area contributed by atoms with Crippen LogP contribution < -0.4 is 5.32 Å². The van der Waals surface area contributed by atoms with Crippen LogP contribution in [-0.2, 0) is 9.59 Å². The Morgan fingerprint density at radius 3 is 2.81 bits per heavy atom. The van der Waals surface area contributed by atoms with E-state index in [9.17, 15) is 9.59 Å². The number of rotatable bonds is 5. The van der Waals surface area contributed by atoms with E-state index >= 15 is 0 Å². The molecule has 0 saturated carbocycles. The first-order valence-corrected chi connectivity index (χ1v) is 5.69. The first kappa shape index (κ1) is 13.0. The highest BCUT2D eigenvalue weighted by Gasteiger charge is 2.29. The molecule has 5 nitrogen and oxygen atoms in total. The molecule has 0 aromatic rings. The number of carbonyl (C=O) groups excluding carboxylic acids is 1. The first-order valence-electron chi connectivity index (χ1n) is 5.69. The van der Waals surface area contributed by atoms with Crippen LogP contribution in [-0.4, -0.2) is 48.6 Å². The first-order chi connectivity index (χ1) is 7.54. The SMILES string of the molecule is CNCC(C)C(=O)N1CCC(CC(=O)O)C1. The Morgan fingerprint density at radius 2 is 2.25 bits per heavy atom. The number of hydrogen-bond acceptors (Lipinski definition) is 3. The van der Waals surface area contributed by atoms with Crippen molar-refractivity contribution in [2.45, 2.75) is 19.8 Å². The summed E-state index contributed by atoms with van der Waals surface area (Å²) in [5.41, 5.74) is 0. The number of aliphatic carboxylic acids is 1. The number of hydrogen-bond donors (Lipinski definition) is 2. The molecule has 1 fully saturated rings. The highest BCUT2D eigenvalue weighted by Crippen LogP contribution is 2.21. The van der Waals surface area contributed by atoms with Gasteiger partial charge in [0.05, 0.1) is 0 Å². The van der Waals surface area contributed by atoms with E-state index in [0.29, 0.717) is 19.6 Å². The highest BCUT2D eigenvalue weighted by atomic mass is 16.4. The third-order valence-corrected chi connectivity index (χ3v) is 2.99. The van der Waals surface area contributed by atoms with E-state index in [2.05, 4.69) is 5.32 Å². The number of nitrogens with zero attached hydrogens (tertiary/aromatic N) is 1. The third kappa shape index (κ3) is 3.48. The summed E-state index contributed by atoms with van der Waals surface area (Å²) in [6.07, 6.45) is 0.981. The van der Waals surface area contributed by atoms with Gasteiger partial charge in [-0.2, -0.15) is 0 Å². The average Bonchev–Trinajstić information content (AvgIpc) is 2.64. The predicted octanol–water partition coefficient (Wildman–Crippen LogP) is 0.165. The summed E-state index contributed by atoms with van der Waals surface area (Å²) in [6, 6.07) is 0. The smallest absolute Gasteiger partial charge is 0.303 e. The average molecular weight is 228 g/mol. The van der Waals surface area contributed by atoms with E-state index in [4.69, 9.17) is 5.11 Å². The molecular formula is C11H20N2O3. The van der Waals surface area contributed by atoms with Gasteiger partial charge in [0, 0.05) is 32.0 Å². The Morgan fingerprint density at radius 1 is 1.56 bits per heavy atom. The maximum Gasteiger partial charge on any atom is 0.303 e. The molecule has 16 heavy (non-hydrogen) atoms. The molecule has 1 aliphatic rings. The van der Waals surface area contributed by atoms with E-state index < -0.39 is 5.97 Å². The largest absolute Gasteiger partial charge is 0.481 e. The van der Waals surface area contributed by atoms with Crippen LogP contribution in [0.4, 0.5) is 0 Å². The van der Waals surface area contributed by atoms with E-state index in [1.54, 1.807) is 4.90 Å². The van der Waals surface area contributed by atoms with Gasteiger partial charge in [-0.3, -0.25) is 9.59 Å². The zero-order valence-corrected chi connectivity index (χ0v) is 9.90. The number of carbonyl (C=O) groups is 2. The Balaban J connectivity index is 2.40. The highest BCUT2D eigenvalue weighted by molar-refractivity contribution is 5.79. The summed E-state index contributed by atoms with van der Waals surface area (Å²) in [4.78, 5) is 24.2. The summed E-state index contributed by atoms with van der Waals surface area (Å²) in [7, 11) is 1.82. The van der Waals surface area contributed by atoms with Gasteiger partial charge >= 0.3 is 5.97 Å². The van der Waals surface area contributed by atoms with Crippen LogP contribution in [0.1, 0.15) is 19.8 Å². The molecule has 1 heterocycles. The van der Waals surface area contributed by atoms with Gasteiger partial charge in [0.15, 0.2) is 0 Å². The van der Waals surface area contributed by atoms with Gasteiger partial charge in [-0.05, 0) is 19.4 Å². The summed E-state index contributed by atoms with van der Waals surface area (Å²) < 4.78 is 0. The van der Waals surface area contributed by atoms with Crippen molar-refractivity contribution in [2.75, 3.05) is 26.7 Å². The van der Waals surface area contributed by atoms with Gasteiger partial charge in [0.1, 0.15) is 0 Å². The standard InChI is InChI=1S/C11H20N2O3/c1-8(6-12-2)11(16)13-4-3-9(7-13)5-10(14)15/h8-9,12H,3-7H2,1-2H3,(H,14,15). The fourth-order valence-electron chi connectivity index (χ4n) is 2.15. The molecule has 0 aromatic heterocycles. The monoisotopic (exact) mass is 228 g/mol. The van der Waals surface area contributed by atoms with Crippen molar-refractivity contribution < 1.29 is 14.7 Å². The second kappa shape index (κ2) is 5.84. The van der Waals surface area contributed by atoms with Crippen LogP contribution in [0.5, 0.6) is 0 Å². The van der Waals surface area contributed by atoms with Crippen molar-refractivity contribution in [1.29, 1.82) is 0 Å². The van der Waals surface area contributed by atoms with Crippen molar-refractivity contribution in [3.63, 3.8) is 0 Å². The van der Waals surface area contributed by atoms with E-state index in [-0.39, 0.29) is 24.2 Å². The molecule has 5 heteroatoms. The molecule has 0 bridgehead atoms. The Labute approximate surface area is 95.8 Å². The molecule has 0 spiro atoms. The Hall–Kier alpha value is -1.10. The van der Waals surface area contributed by atoms with Gasteiger partial charge in [-0.1, -0.05) is 6.92 Å². The molecule has 0 aliphatic carbocycles. The maximum absolute atomic E-state index is 11.9. The second-order valence-electron chi connectivity index (χ2n) is 4.50. The van der Waals surface area contributed by atoms with Crippen LogP contribution in [0.2, 0.25) is 0 Å². The molecular weight excluding hydrogens is 208 g/mol. The number of nitrogens with one attached hydrogen (secondary N) is 1. The minimum Gasteiger partial charge on any atom is -0.481 e. The molecule has 2 atom stereocenters. The van der Waals surface area contributed by atoms with Gasteiger partial charge in [0.2, 0.25) is 5.91 Å². The zero-order valence-electron chi connectivity index (χ0n) is 9.90. The summed E-state index contributed by atoms with van der Waals surface area (Å²) in [5, 5.41) is 11.7. The van der Waals surface area contributed by atoms with Crippen molar-refractivity contribution in [2.24, 2.45) is 11.8 Å². The lowest BCUT2D eigenvalue weighted by molar-refractivity contribution is -0.139. The molecule has 92 valence electrons. The third-order valence-electron chi connectivity index (χ3n) is 2.99. The molecule has 1 aliphatic heterocycles. The minimum atomic E-state index is -0.775. The predicted molar refractivity (Wildman–Crippen MR) is 60.0 cm³/mol. The van der Waals surface area contributed by atoms with Crippen molar-refractivity contribution in [1.82, 2.24) is 10.2 Å². The molecule has 1 rings (SSSR count). The zero-order chi connectivity index (χ0) is 12.1. The Kier molecular flexibility index (Phi) is 4.73. The fourth-order valence-corrected chi connectivity index (χ4v) is 2.15. The van der Waals surface area contributed by atoms with Crippen molar-refractivity contribution in [3.05, 3.63) is 0 Å². The number of amides is 1. The maximum atomic E-state index is 11.9. The van der Waals surface area contributed by atoms with E-state index in [1.807, 2.05) is 14.0 Å². The van der Waals surface area contributed by atoms with Gasteiger partial charge in [0.25, 0.3) is 0 Å². The lowest BCUT2D eigenvalue weighted by Gasteiger charge is -2.20. The normalized spacial score (nSPS) is 22.1. The topological polar surface area (TPSA) is 69.6 Å². The second-order valence-corrected chi connectivity index (χ2v) is 4.50. The molecule has 2 unspecified atom stereocenters. The van der Waals surface area contributed by atoms with Crippen molar-refractivity contribution >= 4 is 11.9 Å². The van der Waals surface area contributed by atoms with Crippen LogP contribution in [0.15, 0.2) is 0 Å². The summed E-state index contributed by atoms with van der Waals surface area (Å²) >= 11 is 0. The number of likely N-dealkylation sites (tertiary alicyclic amines) is 1. The summed E-state index contributed by atoms with van der Waals surface area (Å²) in [6.45, 7) is 3.85. The van der Waals surface area contributed by atoms with Gasteiger partial charge in [-0.15, -0.1) is 0 Å². The quantitative estimate of drug-likeness (QED) is 0.703. The van der Waals surface area contributed by atoms with Crippen LogP contribution in [0.25, 0.3) is 0 Å². The van der Waals surface area contributed by atoms with Crippen LogP contribution in [0, 0.1) is 11.8 Å². The molecule has 0 aromatic carbocycles. The lowest BCUT2D eigenvalue weighted by atomic mass is 10.1. The minimum absolute atomic E-state index is 0.0337. The lowest BCUT2D eigenvalue weighted by Crippen LogP contribution is -2.37. The molecule has 2 N–H and O–H groups in total. The molecule has 0 radical (unpaired) electrons.